The van der Waals surface area contributed by atoms with Crippen molar-refractivity contribution in [3.63, 3.8) is 0 Å². The van der Waals surface area contributed by atoms with Crippen LogP contribution in [0.25, 0.3) is 0 Å². The van der Waals surface area contributed by atoms with Gasteiger partial charge in [0.05, 0.1) is 37.0 Å². The normalized spacial score (nSPS) is 21.1. The first-order valence-electron chi connectivity index (χ1n) is 11.1. The standard InChI is InChI=1S/C23H26ClFN4O5S/c1-35(32,33)29-13-18(22(30)26-16-4-2-15(24)3-5-16)19(14-29)23(31)27-17-6-7-21(20(25)12-17)28-8-10-34-11-9-28/h2-7,12,18-19H,8-11,13-14H2,1H3,(H,26,30)(H,27,31)/t18-,19-/m0/s1. The molecule has 0 saturated carbocycles. The molecular weight excluding hydrogens is 499 g/mol. The van der Waals surface area contributed by atoms with Crippen molar-refractivity contribution in [1.29, 1.82) is 0 Å². The van der Waals surface area contributed by atoms with Crippen LogP contribution in [0.4, 0.5) is 21.5 Å². The third-order valence-electron chi connectivity index (χ3n) is 6.11. The van der Waals surface area contributed by atoms with Crippen LogP contribution in [0.1, 0.15) is 0 Å². The first-order valence-corrected chi connectivity index (χ1v) is 13.3. The summed E-state index contributed by atoms with van der Waals surface area (Å²) < 4.78 is 45.4. The van der Waals surface area contributed by atoms with Crippen molar-refractivity contribution in [3.8, 4) is 0 Å². The molecule has 0 aromatic heterocycles. The van der Waals surface area contributed by atoms with E-state index in [-0.39, 0.29) is 18.8 Å². The molecule has 0 unspecified atom stereocenters. The van der Waals surface area contributed by atoms with Gasteiger partial charge in [-0.05, 0) is 42.5 Å². The summed E-state index contributed by atoms with van der Waals surface area (Å²) in [6, 6.07) is 10.8. The number of benzene rings is 2. The van der Waals surface area contributed by atoms with Crippen LogP contribution in [0.5, 0.6) is 0 Å². The molecule has 2 atom stereocenters. The predicted octanol–water partition coefficient (Wildman–Crippen LogP) is 2.40. The number of hydrogen-bond acceptors (Lipinski definition) is 6. The molecule has 2 saturated heterocycles. The highest BCUT2D eigenvalue weighted by Gasteiger charge is 2.44. The quantitative estimate of drug-likeness (QED) is 0.601. The molecular formula is C23H26ClFN4O5S. The molecule has 2 fully saturated rings. The number of morpholine rings is 1. The van der Waals surface area contributed by atoms with Gasteiger partial charge in [0.15, 0.2) is 0 Å². The van der Waals surface area contributed by atoms with Crippen molar-refractivity contribution in [3.05, 3.63) is 53.3 Å². The summed E-state index contributed by atoms with van der Waals surface area (Å²) in [6.07, 6.45) is 1.03. The second-order valence-electron chi connectivity index (χ2n) is 8.54. The molecule has 188 valence electrons. The van der Waals surface area contributed by atoms with E-state index in [4.69, 9.17) is 16.3 Å². The van der Waals surface area contributed by atoms with Crippen LogP contribution in [0.2, 0.25) is 5.02 Å². The first kappa shape index (κ1) is 25.4. The van der Waals surface area contributed by atoms with E-state index < -0.39 is 39.5 Å². The van der Waals surface area contributed by atoms with Gasteiger partial charge in [0, 0.05) is 42.6 Å². The number of sulfonamides is 1. The second-order valence-corrected chi connectivity index (χ2v) is 11.0. The molecule has 2 heterocycles. The lowest BCUT2D eigenvalue weighted by Gasteiger charge is -2.29. The highest BCUT2D eigenvalue weighted by atomic mass is 35.5. The second kappa shape index (κ2) is 10.5. The summed E-state index contributed by atoms with van der Waals surface area (Å²) in [7, 11) is -3.63. The molecule has 9 nitrogen and oxygen atoms in total. The summed E-state index contributed by atoms with van der Waals surface area (Å²) in [5, 5.41) is 5.85. The fourth-order valence-corrected chi connectivity index (χ4v) is 5.21. The molecule has 35 heavy (non-hydrogen) atoms. The van der Waals surface area contributed by atoms with Gasteiger partial charge in [0.2, 0.25) is 21.8 Å². The van der Waals surface area contributed by atoms with Crippen LogP contribution in [-0.4, -0.2) is 70.2 Å². The maximum atomic E-state index is 14.8. The Hall–Kier alpha value is -2.73. The van der Waals surface area contributed by atoms with Crippen LogP contribution in [0.3, 0.4) is 0 Å². The number of hydrogen-bond donors (Lipinski definition) is 2. The third kappa shape index (κ3) is 6.10. The number of carbonyl (C=O) groups is 2. The van der Waals surface area contributed by atoms with Gasteiger partial charge in [-0.15, -0.1) is 0 Å². The number of ether oxygens (including phenoxy) is 1. The van der Waals surface area contributed by atoms with Crippen LogP contribution in [0.15, 0.2) is 42.5 Å². The number of anilines is 3. The minimum Gasteiger partial charge on any atom is -0.378 e. The summed E-state index contributed by atoms with van der Waals surface area (Å²) in [5.41, 5.74) is 1.10. The lowest BCUT2D eigenvalue weighted by atomic mass is 9.94. The van der Waals surface area contributed by atoms with E-state index in [1.54, 1.807) is 36.4 Å². The molecule has 0 bridgehead atoms. The topological polar surface area (TPSA) is 108 Å². The Labute approximate surface area is 208 Å². The Bertz CT molecular complexity index is 1200. The fraction of sp³-hybridized carbons (Fsp3) is 0.391. The number of rotatable bonds is 6. The minimum absolute atomic E-state index is 0.138. The molecule has 12 heteroatoms. The lowest BCUT2D eigenvalue weighted by Crippen LogP contribution is -2.37. The van der Waals surface area contributed by atoms with E-state index in [1.165, 1.54) is 6.07 Å². The Morgan fingerprint density at radius 1 is 0.971 bits per heavy atom. The number of halogens is 2. The Morgan fingerprint density at radius 3 is 2.06 bits per heavy atom. The average molecular weight is 525 g/mol. The smallest absolute Gasteiger partial charge is 0.229 e. The zero-order valence-corrected chi connectivity index (χ0v) is 20.6. The monoisotopic (exact) mass is 524 g/mol. The van der Waals surface area contributed by atoms with Gasteiger partial charge in [-0.25, -0.2) is 17.1 Å². The van der Waals surface area contributed by atoms with Gasteiger partial charge in [-0.2, -0.15) is 0 Å². The van der Waals surface area contributed by atoms with Gasteiger partial charge >= 0.3 is 0 Å². The van der Waals surface area contributed by atoms with Gasteiger partial charge in [-0.3, -0.25) is 9.59 Å². The molecule has 2 aliphatic rings. The molecule has 2 aromatic carbocycles. The van der Waals surface area contributed by atoms with Crippen molar-refractivity contribution in [2.45, 2.75) is 0 Å². The van der Waals surface area contributed by atoms with E-state index in [1.807, 2.05) is 4.90 Å². The van der Waals surface area contributed by atoms with Gasteiger partial charge in [-0.1, -0.05) is 11.6 Å². The molecule has 2 amide bonds. The summed E-state index contributed by atoms with van der Waals surface area (Å²) in [5.74, 6) is -3.44. The maximum Gasteiger partial charge on any atom is 0.229 e. The van der Waals surface area contributed by atoms with E-state index >= 15 is 0 Å². The molecule has 2 aliphatic heterocycles. The summed E-state index contributed by atoms with van der Waals surface area (Å²) in [6.45, 7) is 1.86. The first-order chi connectivity index (χ1) is 16.6. The van der Waals surface area contributed by atoms with Crippen LogP contribution >= 0.6 is 11.6 Å². The molecule has 0 spiro atoms. The van der Waals surface area contributed by atoms with Crippen molar-refractivity contribution in [1.82, 2.24) is 4.31 Å². The van der Waals surface area contributed by atoms with Gasteiger partial charge < -0.3 is 20.3 Å². The molecule has 0 radical (unpaired) electrons. The van der Waals surface area contributed by atoms with E-state index in [9.17, 15) is 22.4 Å². The van der Waals surface area contributed by atoms with E-state index in [0.717, 1.165) is 10.6 Å². The van der Waals surface area contributed by atoms with Gasteiger partial charge in [0.1, 0.15) is 5.82 Å². The maximum absolute atomic E-state index is 14.8. The lowest BCUT2D eigenvalue weighted by molar-refractivity contribution is -0.127. The summed E-state index contributed by atoms with van der Waals surface area (Å²) in [4.78, 5) is 28.0. The predicted molar refractivity (Wildman–Crippen MR) is 132 cm³/mol. The highest BCUT2D eigenvalue weighted by molar-refractivity contribution is 7.88. The molecule has 4 rings (SSSR count). The zero-order valence-electron chi connectivity index (χ0n) is 19.0. The van der Waals surface area contributed by atoms with E-state index in [2.05, 4.69) is 10.6 Å². The SMILES string of the molecule is CS(=O)(=O)N1C[C@H](C(=O)Nc2ccc(Cl)cc2)[C@@H](C(=O)Nc2ccc(N3CCOCC3)c(F)c2)C1. The Balaban J connectivity index is 1.49. The van der Waals surface area contributed by atoms with Crippen LogP contribution in [0, 0.1) is 17.7 Å². The molecule has 0 aliphatic carbocycles. The molecule has 2 N–H and O–H groups in total. The van der Waals surface area contributed by atoms with Crippen molar-refractivity contribution >= 4 is 50.5 Å². The largest absolute Gasteiger partial charge is 0.378 e. The minimum atomic E-state index is -3.63. The number of amides is 2. The van der Waals surface area contributed by atoms with Crippen molar-refractivity contribution < 1.29 is 27.1 Å². The summed E-state index contributed by atoms with van der Waals surface area (Å²) >= 11 is 5.88. The highest BCUT2D eigenvalue weighted by Crippen LogP contribution is 2.30. The number of nitrogens with zero attached hydrogens (tertiary/aromatic N) is 2. The molecule has 2 aromatic rings. The Morgan fingerprint density at radius 2 is 1.51 bits per heavy atom. The van der Waals surface area contributed by atoms with Crippen LogP contribution in [-0.2, 0) is 24.3 Å². The fourth-order valence-electron chi connectivity index (χ4n) is 4.22. The van der Waals surface area contributed by atoms with Crippen molar-refractivity contribution in [2.24, 2.45) is 11.8 Å². The number of carbonyl (C=O) groups excluding carboxylic acids is 2. The third-order valence-corrected chi connectivity index (χ3v) is 7.60. The Kier molecular flexibility index (Phi) is 7.60. The van der Waals surface area contributed by atoms with E-state index in [0.29, 0.717) is 42.7 Å². The van der Waals surface area contributed by atoms with Gasteiger partial charge in [0.25, 0.3) is 0 Å². The zero-order chi connectivity index (χ0) is 25.2. The number of nitrogens with one attached hydrogen (secondary N) is 2. The average Bonchev–Trinajstić information content (AvgIpc) is 3.28. The van der Waals surface area contributed by atoms with Crippen LogP contribution < -0.4 is 15.5 Å². The van der Waals surface area contributed by atoms with Crippen molar-refractivity contribution in [2.75, 3.05) is 61.2 Å².